The summed E-state index contributed by atoms with van der Waals surface area (Å²) in [5.41, 5.74) is 0.821. The van der Waals surface area contributed by atoms with Crippen LogP contribution in [0.1, 0.15) is 24.6 Å². The highest BCUT2D eigenvalue weighted by molar-refractivity contribution is 8.18. The van der Waals surface area contributed by atoms with Crippen molar-refractivity contribution in [3.63, 3.8) is 0 Å². The Morgan fingerprint density at radius 3 is 2.96 bits per heavy atom. The van der Waals surface area contributed by atoms with Gasteiger partial charge in [0.1, 0.15) is 0 Å². The summed E-state index contributed by atoms with van der Waals surface area (Å²) in [6.45, 7) is 3.08. The number of thioether (sulfide) groups is 1. The van der Waals surface area contributed by atoms with Gasteiger partial charge in [-0.2, -0.15) is 0 Å². The number of hydrogen-bond donors (Lipinski definition) is 2. The number of benzene rings is 1. The summed E-state index contributed by atoms with van der Waals surface area (Å²) in [6, 6.07) is 9.58. The van der Waals surface area contributed by atoms with Crippen LogP contribution in [-0.4, -0.2) is 22.6 Å². The largest absolute Gasteiger partial charge is 0.362 e. The quantitative estimate of drug-likeness (QED) is 0.598. The van der Waals surface area contributed by atoms with Gasteiger partial charge in [0.2, 0.25) is 0 Å². The fourth-order valence-electron chi connectivity index (χ4n) is 2.04. The highest BCUT2D eigenvalue weighted by atomic mass is 32.2. The summed E-state index contributed by atoms with van der Waals surface area (Å²) < 4.78 is 0. The van der Waals surface area contributed by atoms with Crippen molar-refractivity contribution in [1.29, 1.82) is 0 Å². The lowest BCUT2D eigenvalue weighted by Gasteiger charge is -1.98. The number of nitrogens with zero attached hydrogens (tertiary/aromatic N) is 2. The first-order chi connectivity index (χ1) is 11.7. The van der Waals surface area contributed by atoms with E-state index in [0.717, 1.165) is 35.1 Å². The second kappa shape index (κ2) is 8.12. The summed E-state index contributed by atoms with van der Waals surface area (Å²) in [5.74, 6) is -0.122. The average Bonchev–Trinajstić information content (AvgIpc) is 3.16. The molecule has 3 rings (SSSR count). The Labute approximate surface area is 149 Å². The summed E-state index contributed by atoms with van der Waals surface area (Å²) in [4.78, 5) is 22.4. The number of amides is 1. The van der Waals surface area contributed by atoms with Crippen molar-refractivity contribution < 1.29 is 4.79 Å². The minimum absolute atomic E-state index is 0.122. The van der Waals surface area contributed by atoms with Crippen LogP contribution in [-0.2, 0) is 4.79 Å². The number of anilines is 1. The number of thiazole rings is 1. The van der Waals surface area contributed by atoms with Crippen LogP contribution in [0, 0.1) is 0 Å². The SMILES string of the molecule is CCCCNc1ncc(C=C2SC(=Nc3ccccc3)NC2=O)s1. The van der Waals surface area contributed by atoms with E-state index >= 15 is 0 Å². The summed E-state index contributed by atoms with van der Waals surface area (Å²) in [7, 11) is 0. The number of amidine groups is 1. The van der Waals surface area contributed by atoms with Crippen LogP contribution in [0.5, 0.6) is 0 Å². The minimum atomic E-state index is -0.122. The van der Waals surface area contributed by atoms with E-state index in [1.807, 2.05) is 36.4 Å². The van der Waals surface area contributed by atoms with E-state index in [1.165, 1.54) is 11.8 Å². The number of hydrogen-bond acceptors (Lipinski definition) is 6. The zero-order valence-corrected chi connectivity index (χ0v) is 14.9. The molecule has 0 radical (unpaired) electrons. The van der Waals surface area contributed by atoms with Gasteiger partial charge in [-0.25, -0.2) is 9.98 Å². The molecule has 2 aromatic rings. The third-order valence-electron chi connectivity index (χ3n) is 3.24. The zero-order chi connectivity index (χ0) is 16.8. The van der Waals surface area contributed by atoms with Crippen molar-refractivity contribution in [3.05, 3.63) is 46.3 Å². The lowest BCUT2D eigenvalue weighted by molar-refractivity contribution is -0.115. The first kappa shape index (κ1) is 16.7. The summed E-state index contributed by atoms with van der Waals surface area (Å²) in [5, 5.41) is 7.57. The molecule has 1 amide bonds. The third-order valence-corrected chi connectivity index (χ3v) is 5.05. The Balaban J connectivity index is 1.68. The van der Waals surface area contributed by atoms with Crippen LogP contribution in [0.4, 0.5) is 10.8 Å². The summed E-state index contributed by atoms with van der Waals surface area (Å²) in [6.07, 6.45) is 5.91. The topological polar surface area (TPSA) is 66.4 Å². The Hall–Kier alpha value is -2.12. The molecule has 5 nitrogen and oxygen atoms in total. The lowest BCUT2D eigenvalue weighted by Crippen LogP contribution is -2.19. The Kier molecular flexibility index (Phi) is 5.66. The molecule has 1 aromatic heterocycles. The molecule has 1 aliphatic heterocycles. The van der Waals surface area contributed by atoms with Crippen molar-refractivity contribution >= 4 is 51.1 Å². The number of nitrogens with one attached hydrogen (secondary N) is 2. The van der Waals surface area contributed by atoms with Gasteiger partial charge in [0.15, 0.2) is 10.3 Å². The van der Waals surface area contributed by atoms with Gasteiger partial charge in [-0.05, 0) is 36.4 Å². The number of unbranched alkanes of at least 4 members (excludes halogenated alkanes) is 1. The van der Waals surface area contributed by atoms with Crippen LogP contribution in [0.25, 0.3) is 6.08 Å². The van der Waals surface area contributed by atoms with Gasteiger partial charge in [0.25, 0.3) is 5.91 Å². The van der Waals surface area contributed by atoms with E-state index in [2.05, 4.69) is 27.5 Å². The average molecular weight is 358 g/mol. The Bertz CT molecular complexity index is 768. The number of para-hydroxylation sites is 1. The van der Waals surface area contributed by atoms with Gasteiger partial charge in [-0.1, -0.05) is 42.9 Å². The molecule has 0 aliphatic carbocycles. The van der Waals surface area contributed by atoms with Gasteiger partial charge in [-0.15, -0.1) is 0 Å². The fraction of sp³-hybridized carbons (Fsp3) is 0.235. The zero-order valence-electron chi connectivity index (χ0n) is 13.3. The molecule has 2 heterocycles. The molecular weight excluding hydrogens is 340 g/mol. The highest BCUT2D eigenvalue weighted by Crippen LogP contribution is 2.30. The maximum atomic E-state index is 12.1. The van der Waals surface area contributed by atoms with E-state index in [-0.39, 0.29) is 5.91 Å². The molecule has 1 saturated heterocycles. The van der Waals surface area contributed by atoms with Crippen LogP contribution in [0.3, 0.4) is 0 Å². The molecular formula is C17H18N4OS2. The third kappa shape index (κ3) is 4.46. The molecule has 7 heteroatoms. The first-order valence-electron chi connectivity index (χ1n) is 7.79. The van der Waals surface area contributed by atoms with Crippen LogP contribution >= 0.6 is 23.1 Å². The van der Waals surface area contributed by atoms with Crippen LogP contribution in [0.15, 0.2) is 46.4 Å². The first-order valence-corrected chi connectivity index (χ1v) is 9.42. The van der Waals surface area contributed by atoms with E-state index in [4.69, 9.17) is 0 Å². The van der Waals surface area contributed by atoms with Crippen LogP contribution in [0.2, 0.25) is 0 Å². The van der Waals surface area contributed by atoms with Gasteiger partial charge in [0, 0.05) is 12.7 Å². The van der Waals surface area contributed by atoms with E-state index in [9.17, 15) is 4.79 Å². The maximum Gasteiger partial charge on any atom is 0.264 e. The molecule has 0 atom stereocenters. The number of carbonyl (C=O) groups is 1. The Morgan fingerprint density at radius 1 is 1.33 bits per heavy atom. The summed E-state index contributed by atoms with van der Waals surface area (Å²) >= 11 is 2.89. The lowest BCUT2D eigenvalue weighted by atomic mass is 10.3. The molecule has 2 N–H and O–H groups in total. The molecule has 0 bridgehead atoms. The monoisotopic (exact) mass is 358 g/mol. The number of aliphatic imine (C=N–C) groups is 1. The highest BCUT2D eigenvalue weighted by Gasteiger charge is 2.24. The van der Waals surface area contributed by atoms with E-state index in [1.54, 1.807) is 17.5 Å². The number of aromatic nitrogens is 1. The van der Waals surface area contributed by atoms with Gasteiger partial charge < -0.3 is 10.6 Å². The van der Waals surface area contributed by atoms with Gasteiger partial charge in [-0.3, -0.25) is 4.79 Å². The Morgan fingerprint density at radius 2 is 2.17 bits per heavy atom. The molecule has 0 saturated carbocycles. The van der Waals surface area contributed by atoms with E-state index < -0.39 is 0 Å². The molecule has 1 aromatic carbocycles. The number of rotatable bonds is 6. The van der Waals surface area contributed by atoms with Crippen molar-refractivity contribution in [1.82, 2.24) is 10.3 Å². The van der Waals surface area contributed by atoms with Crippen molar-refractivity contribution in [2.45, 2.75) is 19.8 Å². The molecule has 1 fully saturated rings. The van der Waals surface area contributed by atoms with Crippen molar-refractivity contribution in [3.8, 4) is 0 Å². The molecule has 24 heavy (non-hydrogen) atoms. The molecule has 124 valence electrons. The van der Waals surface area contributed by atoms with Crippen molar-refractivity contribution in [2.75, 3.05) is 11.9 Å². The smallest absolute Gasteiger partial charge is 0.264 e. The van der Waals surface area contributed by atoms with E-state index in [0.29, 0.717) is 10.1 Å². The standard InChI is InChI=1S/C17H18N4OS2/c1-2-3-9-18-16-19-11-13(23-16)10-14-15(22)21-17(24-14)20-12-7-5-4-6-8-12/h4-8,10-11H,2-3,9H2,1H3,(H,18,19)(H,20,21,22). The minimum Gasteiger partial charge on any atom is -0.362 e. The predicted octanol–water partition coefficient (Wildman–Crippen LogP) is 4.25. The predicted molar refractivity (Wildman–Crippen MR) is 103 cm³/mol. The normalized spacial score (nSPS) is 17.5. The maximum absolute atomic E-state index is 12.1. The molecule has 0 unspecified atom stereocenters. The fourth-order valence-corrected chi connectivity index (χ4v) is 3.73. The second-order valence-corrected chi connectivity index (χ2v) is 7.26. The number of carbonyl (C=O) groups excluding carboxylic acids is 1. The second-order valence-electron chi connectivity index (χ2n) is 5.17. The van der Waals surface area contributed by atoms with Crippen LogP contribution < -0.4 is 10.6 Å². The molecule has 0 spiro atoms. The van der Waals surface area contributed by atoms with Gasteiger partial charge in [0.05, 0.1) is 15.5 Å². The van der Waals surface area contributed by atoms with Gasteiger partial charge >= 0.3 is 0 Å². The molecule has 1 aliphatic rings. The van der Waals surface area contributed by atoms with Crippen molar-refractivity contribution in [2.24, 2.45) is 4.99 Å².